The first-order valence-electron chi connectivity index (χ1n) is 11.0. The summed E-state index contributed by atoms with van der Waals surface area (Å²) in [5.74, 6) is -3.24. The Hall–Kier alpha value is -4.10. The van der Waals surface area contributed by atoms with Crippen LogP contribution in [0.3, 0.4) is 0 Å². The van der Waals surface area contributed by atoms with Crippen molar-refractivity contribution in [2.24, 2.45) is 5.73 Å². The SMILES string of the molecule is COC(=O)CC1SC2=C(C(=O)Nc3ccc(C)cc3C)C(c3ccc(F)cc3)C(C#N)=C(N)N2C1=O. The van der Waals surface area contributed by atoms with Crippen molar-refractivity contribution in [2.45, 2.75) is 31.4 Å². The van der Waals surface area contributed by atoms with Crippen LogP contribution in [0.1, 0.15) is 29.0 Å². The summed E-state index contributed by atoms with van der Waals surface area (Å²) in [4.78, 5) is 40.1. The van der Waals surface area contributed by atoms with E-state index in [2.05, 4.69) is 5.32 Å². The second-order valence-electron chi connectivity index (χ2n) is 8.45. The predicted molar refractivity (Wildman–Crippen MR) is 132 cm³/mol. The Morgan fingerprint density at radius 1 is 1.22 bits per heavy atom. The van der Waals surface area contributed by atoms with Crippen LogP contribution in [0.2, 0.25) is 0 Å². The number of nitrogens with zero attached hydrogens (tertiary/aromatic N) is 2. The molecule has 2 amide bonds. The molecule has 2 atom stereocenters. The van der Waals surface area contributed by atoms with Gasteiger partial charge in [0, 0.05) is 5.69 Å². The van der Waals surface area contributed by atoms with Crippen molar-refractivity contribution in [3.05, 3.63) is 87.0 Å². The lowest BCUT2D eigenvalue weighted by Gasteiger charge is -2.32. The van der Waals surface area contributed by atoms with Gasteiger partial charge in [0.05, 0.1) is 41.7 Å². The molecule has 2 aliphatic heterocycles. The predicted octanol–water partition coefficient (Wildman–Crippen LogP) is 3.59. The van der Waals surface area contributed by atoms with Gasteiger partial charge in [-0.15, -0.1) is 0 Å². The molecule has 1 fully saturated rings. The van der Waals surface area contributed by atoms with Gasteiger partial charge in [0.15, 0.2) is 0 Å². The lowest BCUT2D eigenvalue weighted by molar-refractivity contribution is -0.142. The van der Waals surface area contributed by atoms with E-state index in [1.54, 1.807) is 6.07 Å². The van der Waals surface area contributed by atoms with Crippen molar-refractivity contribution in [3.8, 4) is 6.07 Å². The summed E-state index contributed by atoms with van der Waals surface area (Å²) >= 11 is 1.01. The molecule has 0 radical (unpaired) electrons. The van der Waals surface area contributed by atoms with Crippen LogP contribution in [0.25, 0.3) is 0 Å². The molecule has 2 aromatic rings. The first kappa shape index (κ1) is 25.0. The van der Waals surface area contributed by atoms with Crippen LogP contribution in [-0.2, 0) is 19.1 Å². The van der Waals surface area contributed by atoms with Crippen LogP contribution >= 0.6 is 11.8 Å². The maximum atomic E-state index is 13.8. The number of anilines is 1. The maximum Gasteiger partial charge on any atom is 0.307 e. The van der Waals surface area contributed by atoms with Crippen LogP contribution in [-0.4, -0.2) is 35.0 Å². The number of methoxy groups -OCH3 is 1. The molecule has 8 nitrogen and oxygen atoms in total. The Labute approximate surface area is 211 Å². The molecule has 2 aromatic carbocycles. The topological polar surface area (TPSA) is 126 Å². The number of halogens is 1. The van der Waals surface area contributed by atoms with Crippen molar-refractivity contribution >= 4 is 35.2 Å². The minimum absolute atomic E-state index is 0.0243. The zero-order chi connectivity index (χ0) is 26.1. The smallest absolute Gasteiger partial charge is 0.307 e. The van der Waals surface area contributed by atoms with Crippen molar-refractivity contribution in [2.75, 3.05) is 12.4 Å². The molecule has 3 N–H and O–H groups in total. The quantitative estimate of drug-likeness (QED) is 0.594. The van der Waals surface area contributed by atoms with Crippen LogP contribution in [0.15, 0.2) is 64.5 Å². The van der Waals surface area contributed by atoms with E-state index in [1.165, 1.54) is 31.4 Å². The normalized spacial score (nSPS) is 19.2. The van der Waals surface area contributed by atoms with E-state index in [0.717, 1.165) is 27.8 Å². The van der Waals surface area contributed by atoms with Gasteiger partial charge in [-0.3, -0.25) is 19.3 Å². The number of esters is 1. The van der Waals surface area contributed by atoms with Gasteiger partial charge in [-0.25, -0.2) is 4.39 Å². The minimum atomic E-state index is -0.954. The number of hydrogen-bond acceptors (Lipinski definition) is 7. The minimum Gasteiger partial charge on any atom is -0.469 e. The number of nitriles is 1. The molecule has 2 heterocycles. The highest BCUT2D eigenvalue weighted by Gasteiger charge is 2.48. The summed E-state index contributed by atoms with van der Waals surface area (Å²) < 4.78 is 18.4. The van der Waals surface area contributed by atoms with E-state index in [1.807, 2.05) is 32.0 Å². The third kappa shape index (κ3) is 4.45. The monoisotopic (exact) mass is 506 g/mol. The van der Waals surface area contributed by atoms with Gasteiger partial charge in [0.1, 0.15) is 16.9 Å². The number of carbonyl (C=O) groups is 3. The number of carbonyl (C=O) groups excluding carboxylic acids is 3. The van der Waals surface area contributed by atoms with Crippen LogP contribution in [0.5, 0.6) is 0 Å². The molecule has 0 saturated carbocycles. The highest BCUT2D eigenvalue weighted by molar-refractivity contribution is 8.04. The number of rotatable bonds is 5. The first-order valence-corrected chi connectivity index (χ1v) is 11.9. The van der Waals surface area contributed by atoms with Crippen molar-refractivity contribution < 1.29 is 23.5 Å². The summed E-state index contributed by atoms with van der Waals surface area (Å²) in [5.41, 5.74) is 9.25. The zero-order valence-electron chi connectivity index (χ0n) is 19.8. The fourth-order valence-corrected chi connectivity index (χ4v) is 5.60. The summed E-state index contributed by atoms with van der Waals surface area (Å²) in [6, 6.07) is 13.0. The van der Waals surface area contributed by atoms with E-state index in [0.29, 0.717) is 11.3 Å². The molecule has 0 aliphatic carbocycles. The standard InChI is InChI=1S/C26H23FN4O4S/c1-13-4-9-18(14(2)10-13)30-24(33)22-21(15-5-7-16(27)8-6-15)17(12-28)23(29)31-25(34)19(36-26(22)31)11-20(32)35-3/h4-10,19,21H,11,29H2,1-3H3,(H,30,33). The number of aryl methyl sites for hydroxylation is 2. The second kappa shape index (κ2) is 9.87. The third-order valence-electron chi connectivity index (χ3n) is 6.06. The summed E-state index contributed by atoms with van der Waals surface area (Å²) in [6.07, 6.45) is -0.234. The Morgan fingerprint density at radius 3 is 2.53 bits per heavy atom. The highest BCUT2D eigenvalue weighted by Crippen LogP contribution is 2.50. The van der Waals surface area contributed by atoms with E-state index < -0.39 is 34.8 Å². The number of amides is 2. The van der Waals surface area contributed by atoms with Crippen LogP contribution < -0.4 is 11.1 Å². The number of allylic oxidation sites excluding steroid dienone is 1. The molecule has 0 aromatic heterocycles. The van der Waals surface area contributed by atoms with Gasteiger partial charge in [0.25, 0.3) is 5.91 Å². The van der Waals surface area contributed by atoms with Gasteiger partial charge in [-0.05, 0) is 43.2 Å². The van der Waals surface area contributed by atoms with Crippen molar-refractivity contribution in [3.63, 3.8) is 0 Å². The Morgan fingerprint density at radius 2 is 1.92 bits per heavy atom. The number of fused-ring (bicyclic) bond motifs is 1. The molecule has 184 valence electrons. The lowest BCUT2D eigenvalue weighted by atomic mass is 9.82. The molecule has 4 rings (SSSR count). The zero-order valence-corrected chi connectivity index (χ0v) is 20.6. The number of nitrogens with one attached hydrogen (secondary N) is 1. The molecular formula is C26H23FN4O4S. The molecule has 1 saturated heterocycles. The van der Waals surface area contributed by atoms with Gasteiger partial charge >= 0.3 is 5.97 Å². The Kier molecular flexibility index (Phi) is 6.86. The average molecular weight is 507 g/mol. The molecular weight excluding hydrogens is 483 g/mol. The fraction of sp³-hybridized carbons (Fsp3) is 0.231. The molecule has 0 bridgehead atoms. The number of thioether (sulfide) groups is 1. The van der Waals surface area contributed by atoms with Crippen LogP contribution in [0.4, 0.5) is 10.1 Å². The largest absolute Gasteiger partial charge is 0.469 e. The fourth-order valence-electron chi connectivity index (χ4n) is 4.28. The van der Waals surface area contributed by atoms with Crippen molar-refractivity contribution in [1.82, 2.24) is 4.90 Å². The van der Waals surface area contributed by atoms with Crippen molar-refractivity contribution in [1.29, 1.82) is 5.26 Å². The Balaban J connectivity index is 1.88. The summed E-state index contributed by atoms with van der Waals surface area (Å²) in [5, 5.41) is 12.3. The van der Waals surface area contributed by atoms with Gasteiger partial charge in [0.2, 0.25) is 5.91 Å². The molecule has 36 heavy (non-hydrogen) atoms. The van der Waals surface area contributed by atoms with Gasteiger partial charge in [-0.1, -0.05) is 41.6 Å². The molecule has 10 heteroatoms. The highest BCUT2D eigenvalue weighted by atomic mass is 32.2. The van der Waals surface area contributed by atoms with Gasteiger partial charge in [-0.2, -0.15) is 5.26 Å². The van der Waals surface area contributed by atoms with E-state index in [4.69, 9.17) is 10.5 Å². The second-order valence-corrected chi connectivity index (χ2v) is 9.64. The number of benzene rings is 2. The number of nitrogens with two attached hydrogens (primary N) is 1. The van der Waals surface area contributed by atoms with E-state index >= 15 is 0 Å². The molecule has 0 spiro atoms. The summed E-state index contributed by atoms with van der Waals surface area (Å²) in [7, 11) is 1.22. The van der Waals surface area contributed by atoms with E-state index in [-0.39, 0.29) is 28.4 Å². The van der Waals surface area contributed by atoms with Crippen LogP contribution in [0, 0.1) is 31.0 Å². The number of ether oxygens (including phenoxy) is 1. The Bertz CT molecular complexity index is 1380. The lowest BCUT2D eigenvalue weighted by Crippen LogP contribution is -2.39. The average Bonchev–Trinajstić information content (AvgIpc) is 3.16. The van der Waals surface area contributed by atoms with E-state index in [9.17, 15) is 24.0 Å². The molecule has 2 unspecified atom stereocenters. The maximum absolute atomic E-state index is 13.8. The molecule has 2 aliphatic rings. The number of hydrogen-bond donors (Lipinski definition) is 2. The summed E-state index contributed by atoms with van der Waals surface area (Å²) in [6.45, 7) is 3.78. The third-order valence-corrected chi connectivity index (χ3v) is 7.33. The van der Waals surface area contributed by atoms with Gasteiger partial charge < -0.3 is 15.8 Å². The first-order chi connectivity index (χ1) is 17.2.